The van der Waals surface area contributed by atoms with Gasteiger partial charge in [0.05, 0.1) is 11.2 Å². The molecule has 0 aromatic heterocycles. The average Bonchev–Trinajstić information content (AvgIpc) is 2.35. The van der Waals surface area contributed by atoms with Gasteiger partial charge in [0.1, 0.15) is 6.10 Å². The van der Waals surface area contributed by atoms with Crippen LogP contribution in [0, 0.1) is 5.92 Å². The maximum Gasteiger partial charge on any atom is 0.306 e. The van der Waals surface area contributed by atoms with E-state index in [4.69, 9.17) is 4.74 Å². The zero-order valence-electron chi connectivity index (χ0n) is 5.29. The highest BCUT2D eigenvalue weighted by Crippen LogP contribution is 2.34. The van der Waals surface area contributed by atoms with Crippen molar-refractivity contribution < 1.29 is 9.53 Å². The van der Waals surface area contributed by atoms with Gasteiger partial charge < -0.3 is 4.74 Å². The van der Waals surface area contributed by atoms with E-state index in [1.165, 1.54) is 0 Å². The van der Waals surface area contributed by atoms with Gasteiger partial charge in [0, 0.05) is 5.92 Å². The van der Waals surface area contributed by atoms with Crippen LogP contribution in [0.4, 0.5) is 0 Å². The number of fused-ring (bicyclic) bond motifs is 1. The molecular formula is C7H7BrO2. The fraction of sp³-hybridized carbons (Fsp3) is 0.571. The molecule has 0 radical (unpaired) electrons. The van der Waals surface area contributed by atoms with Crippen molar-refractivity contribution in [3.63, 3.8) is 0 Å². The van der Waals surface area contributed by atoms with E-state index in [0.717, 1.165) is 0 Å². The summed E-state index contributed by atoms with van der Waals surface area (Å²) < 4.78 is 5.05. The Bertz CT molecular complexity index is 200. The van der Waals surface area contributed by atoms with Crippen molar-refractivity contribution in [3.8, 4) is 0 Å². The minimum Gasteiger partial charge on any atom is -0.460 e. The topological polar surface area (TPSA) is 26.3 Å². The van der Waals surface area contributed by atoms with E-state index in [1.54, 1.807) is 0 Å². The van der Waals surface area contributed by atoms with Crippen molar-refractivity contribution >= 4 is 21.9 Å². The summed E-state index contributed by atoms with van der Waals surface area (Å²) in [6, 6.07) is 0. The Kier molecular flexibility index (Phi) is 1.34. The summed E-state index contributed by atoms with van der Waals surface area (Å²) >= 11 is 3.41. The third-order valence-corrected chi connectivity index (χ3v) is 2.77. The standard InChI is InChI=1S/C7H7BrO2/c8-5-2-1-4-3-6(9)10-7(4)5/h1-2,4-5,7H,3H2/t4-,5?,7+/m0/s1. The number of esters is 1. The number of carbonyl (C=O) groups is 1. The summed E-state index contributed by atoms with van der Waals surface area (Å²) in [5.41, 5.74) is 0. The fourth-order valence-corrected chi connectivity index (χ4v) is 2.11. The number of halogens is 1. The Morgan fingerprint density at radius 2 is 2.40 bits per heavy atom. The lowest BCUT2D eigenvalue weighted by Crippen LogP contribution is -2.18. The van der Waals surface area contributed by atoms with E-state index in [0.29, 0.717) is 12.3 Å². The zero-order valence-corrected chi connectivity index (χ0v) is 6.87. The molecule has 0 bridgehead atoms. The lowest BCUT2D eigenvalue weighted by molar-refractivity contribution is -0.141. The van der Waals surface area contributed by atoms with Crippen LogP contribution in [0.15, 0.2) is 12.2 Å². The number of hydrogen-bond acceptors (Lipinski definition) is 2. The molecule has 2 rings (SSSR count). The predicted octanol–water partition coefficient (Wildman–Crippen LogP) is 1.25. The second-order valence-corrected chi connectivity index (χ2v) is 3.71. The first-order valence-corrected chi connectivity index (χ1v) is 4.21. The quantitative estimate of drug-likeness (QED) is 0.336. The van der Waals surface area contributed by atoms with Gasteiger partial charge in [0.25, 0.3) is 0 Å². The van der Waals surface area contributed by atoms with Crippen molar-refractivity contribution in [2.45, 2.75) is 17.4 Å². The Hall–Kier alpha value is -0.310. The molecule has 0 spiro atoms. The Morgan fingerprint density at radius 1 is 1.60 bits per heavy atom. The second kappa shape index (κ2) is 2.09. The lowest BCUT2D eigenvalue weighted by Gasteiger charge is -2.10. The van der Waals surface area contributed by atoms with Gasteiger partial charge in [-0.15, -0.1) is 0 Å². The first-order valence-electron chi connectivity index (χ1n) is 3.29. The smallest absolute Gasteiger partial charge is 0.306 e. The number of carbonyl (C=O) groups excluding carboxylic acids is 1. The number of alkyl halides is 1. The minimum absolute atomic E-state index is 0.0659. The highest BCUT2D eigenvalue weighted by molar-refractivity contribution is 9.09. The highest BCUT2D eigenvalue weighted by atomic mass is 79.9. The van der Waals surface area contributed by atoms with Crippen LogP contribution in [-0.2, 0) is 9.53 Å². The van der Waals surface area contributed by atoms with Crippen LogP contribution in [0.25, 0.3) is 0 Å². The minimum atomic E-state index is -0.0659. The van der Waals surface area contributed by atoms with Crippen molar-refractivity contribution in [3.05, 3.63) is 12.2 Å². The molecule has 0 saturated carbocycles. The Labute approximate surface area is 67.4 Å². The van der Waals surface area contributed by atoms with Gasteiger partial charge in [0.2, 0.25) is 0 Å². The molecule has 0 N–H and O–H groups in total. The average molecular weight is 203 g/mol. The molecule has 0 amide bonds. The summed E-state index contributed by atoms with van der Waals surface area (Å²) in [5.74, 6) is 0.265. The van der Waals surface area contributed by atoms with Gasteiger partial charge in [0.15, 0.2) is 0 Å². The monoisotopic (exact) mass is 202 g/mol. The summed E-state index contributed by atoms with van der Waals surface area (Å²) in [6.45, 7) is 0. The Morgan fingerprint density at radius 3 is 3.10 bits per heavy atom. The molecule has 3 atom stereocenters. The first-order chi connectivity index (χ1) is 4.77. The van der Waals surface area contributed by atoms with Gasteiger partial charge in [-0.3, -0.25) is 4.79 Å². The molecule has 0 aromatic carbocycles. The third-order valence-electron chi connectivity index (χ3n) is 1.95. The summed E-state index contributed by atoms with van der Waals surface area (Å²) in [6.07, 6.45) is 4.73. The van der Waals surface area contributed by atoms with Gasteiger partial charge in [-0.05, 0) is 0 Å². The second-order valence-electron chi connectivity index (χ2n) is 2.65. The first kappa shape index (κ1) is 6.40. The van der Waals surface area contributed by atoms with Crippen LogP contribution >= 0.6 is 15.9 Å². The molecule has 1 aliphatic carbocycles. The molecule has 0 aromatic rings. The lowest BCUT2D eigenvalue weighted by atomic mass is 10.1. The maximum atomic E-state index is 10.7. The zero-order chi connectivity index (χ0) is 7.14. The molecule has 1 heterocycles. The van der Waals surface area contributed by atoms with Crippen LogP contribution in [-0.4, -0.2) is 16.9 Å². The largest absolute Gasteiger partial charge is 0.460 e. The number of hydrogen-bond donors (Lipinski definition) is 0. The van der Waals surface area contributed by atoms with Crippen LogP contribution in [0.2, 0.25) is 0 Å². The van der Waals surface area contributed by atoms with Crippen LogP contribution in [0.5, 0.6) is 0 Å². The van der Waals surface area contributed by atoms with Crippen molar-refractivity contribution in [2.75, 3.05) is 0 Å². The molecule has 1 fully saturated rings. The molecule has 3 heteroatoms. The maximum absolute atomic E-state index is 10.7. The van der Waals surface area contributed by atoms with E-state index < -0.39 is 0 Å². The van der Waals surface area contributed by atoms with E-state index in [9.17, 15) is 4.79 Å². The van der Waals surface area contributed by atoms with Gasteiger partial charge in [-0.25, -0.2) is 0 Å². The van der Waals surface area contributed by atoms with Crippen LogP contribution < -0.4 is 0 Å². The molecule has 2 aliphatic rings. The van der Waals surface area contributed by atoms with E-state index in [-0.39, 0.29) is 16.9 Å². The third kappa shape index (κ3) is 0.804. The molecule has 2 nitrogen and oxygen atoms in total. The summed E-state index contributed by atoms with van der Waals surface area (Å²) in [7, 11) is 0. The molecule has 10 heavy (non-hydrogen) atoms. The van der Waals surface area contributed by atoms with Crippen molar-refractivity contribution in [2.24, 2.45) is 5.92 Å². The van der Waals surface area contributed by atoms with Gasteiger partial charge in [-0.1, -0.05) is 28.1 Å². The summed E-state index contributed by atoms with van der Waals surface area (Å²) in [4.78, 5) is 11.0. The predicted molar refractivity (Wildman–Crippen MR) is 39.8 cm³/mol. The molecule has 1 saturated heterocycles. The van der Waals surface area contributed by atoms with E-state index in [1.807, 2.05) is 6.08 Å². The highest BCUT2D eigenvalue weighted by Gasteiger charge is 2.40. The van der Waals surface area contributed by atoms with E-state index >= 15 is 0 Å². The molecule has 54 valence electrons. The Balaban J connectivity index is 2.19. The SMILES string of the molecule is O=C1C[C@@H]2C=CC(Br)[C@@H]2O1. The van der Waals surface area contributed by atoms with Crippen molar-refractivity contribution in [1.29, 1.82) is 0 Å². The molecule has 1 unspecified atom stereocenters. The summed E-state index contributed by atoms with van der Waals surface area (Å²) in [5, 5.41) is 0. The molecular weight excluding hydrogens is 196 g/mol. The van der Waals surface area contributed by atoms with Crippen LogP contribution in [0.3, 0.4) is 0 Å². The van der Waals surface area contributed by atoms with E-state index in [2.05, 4.69) is 22.0 Å². The number of rotatable bonds is 0. The normalized spacial score (nSPS) is 43.7. The molecule has 1 aliphatic heterocycles. The van der Waals surface area contributed by atoms with Gasteiger partial charge >= 0.3 is 5.97 Å². The fourth-order valence-electron chi connectivity index (χ4n) is 1.43. The van der Waals surface area contributed by atoms with Gasteiger partial charge in [-0.2, -0.15) is 0 Å². The number of ether oxygens (including phenoxy) is 1. The van der Waals surface area contributed by atoms with Crippen molar-refractivity contribution in [1.82, 2.24) is 0 Å². The van der Waals surface area contributed by atoms with Crippen LogP contribution in [0.1, 0.15) is 6.42 Å².